The van der Waals surface area contributed by atoms with Crippen LogP contribution in [0.5, 0.6) is 0 Å². The van der Waals surface area contributed by atoms with Gasteiger partial charge in [-0.3, -0.25) is 5.10 Å². The Morgan fingerprint density at radius 2 is 2.09 bits per heavy atom. The summed E-state index contributed by atoms with van der Waals surface area (Å²) in [6.45, 7) is 4.34. The third kappa shape index (κ3) is 3.62. The molecule has 174 valence electrons. The van der Waals surface area contributed by atoms with Gasteiger partial charge in [-0.2, -0.15) is 10.4 Å². The van der Waals surface area contributed by atoms with Crippen LogP contribution in [0.25, 0.3) is 27.5 Å². The molecule has 3 heterocycles. The van der Waals surface area contributed by atoms with Crippen molar-refractivity contribution in [2.45, 2.75) is 50.5 Å². The monoisotopic (exact) mass is 460 g/mol. The number of ether oxygens (including phenoxy) is 1. The Hall–Kier alpha value is -3.70. The number of halogens is 1. The lowest BCUT2D eigenvalue weighted by Crippen LogP contribution is -2.32. The van der Waals surface area contributed by atoms with Gasteiger partial charge in [-0.25, -0.2) is 9.18 Å². The summed E-state index contributed by atoms with van der Waals surface area (Å²) in [6.07, 6.45) is 2.29. The van der Waals surface area contributed by atoms with Crippen LogP contribution in [0.15, 0.2) is 42.6 Å². The molecule has 2 atom stereocenters. The predicted molar refractivity (Wildman–Crippen MR) is 125 cm³/mol. The second-order valence-corrected chi connectivity index (χ2v) is 9.55. The number of nitriles is 1. The summed E-state index contributed by atoms with van der Waals surface area (Å²) < 4.78 is 21.7. The number of aromatic amines is 1. The first-order chi connectivity index (χ1) is 16.3. The smallest absolute Gasteiger partial charge is 0.332 e. The molecule has 34 heavy (non-hydrogen) atoms. The van der Waals surface area contributed by atoms with E-state index in [0.29, 0.717) is 12.8 Å². The Morgan fingerprint density at radius 1 is 1.32 bits per heavy atom. The normalized spacial score (nSPS) is 18.9. The summed E-state index contributed by atoms with van der Waals surface area (Å²) >= 11 is 0. The SMILES string of the molecule is CC(C)(CC#N)c1c(C2CCC(C(=O)O)OC2)c2cc3[nH]ncc3cc2n1-c1ccc(F)cc1. The molecule has 2 aromatic heterocycles. The number of H-pyrrole nitrogens is 1. The summed E-state index contributed by atoms with van der Waals surface area (Å²) in [5, 5.41) is 28.2. The summed E-state index contributed by atoms with van der Waals surface area (Å²) in [7, 11) is 0. The fraction of sp³-hybridized carbons (Fsp3) is 0.346. The number of nitrogens with zero attached hydrogens (tertiary/aromatic N) is 3. The molecule has 1 aliphatic rings. The van der Waals surface area contributed by atoms with Crippen LogP contribution in [0.3, 0.4) is 0 Å². The van der Waals surface area contributed by atoms with Gasteiger partial charge in [0, 0.05) is 39.9 Å². The van der Waals surface area contributed by atoms with Crippen molar-refractivity contribution in [2.75, 3.05) is 6.61 Å². The van der Waals surface area contributed by atoms with E-state index in [-0.39, 0.29) is 24.8 Å². The van der Waals surface area contributed by atoms with Crippen molar-refractivity contribution in [2.24, 2.45) is 0 Å². The number of hydrogen-bond acceptors (Lipinski definition) is 4. The van der Waals surface area contributed by atoms with Gasteiger partial charge in [-0.05, 0) is 54.8 Å². The van der Waals surface area contributed by atoms with E-state index >= 15 is 0 Å². The zero-order valence-corrected chi connectivity index (χ0v) is 19.0. The van der Waals surface area contributed by atoms with Crippen LogP contribution < -0.4 is 0 Å². The summed E-state index contributed by atoms with van der Waals surface area (Å²) in [6, 6.07) is 12.8. The van der Waals surface area contributed by atoms with Crippen LogP contribution in [0.4, 0.5) is 4.39 Å². The van der Waals surface area contributed by atoms with Gasteiger partial charge in [0.1, 0.15) is 5.82 Å². The highest BCUT2D eigenvalue weighted by Crippen LogP contribution is 2.45. The van der Waals surface area contributed by atoms with Gasteiger partial charge in [0.15, 0.2) is 6.10 Å². The minimum Gasteiger partial charge on any atom is -0.479 e. The second kappa shape index (κ2) is 8.26. The number of hydrogen-bond donors (Lipinski definition) is 2. The van der Waals surface area contributed by atoms with E-state index in [4.69, 9.17) is 4.74 Å². The van der Waals surface area contributed by atoms with E-state index in [1.807, 2.05) is 13.8 Å². The maximum Gasteiger partial charge on any atom is 0.332 e. The lowest BCUT2D eigenvalue weighted by Gasteiger charge is -2.32. The van der Waals surface area contributed by atoms with E-state index < -0.39 is 17.5 Å². The fourth-order valence-corrected chi connectivity index (χ4v) is 5.14. The summed E-state index contributed by atoms with van der Waals surface area (Å²) in [5.74, 6) is -1.32. The molecule has 0 amide bonds. The largest absolute Gasteiger partial charge is 0.479 e. The maximum absolute atomic E-state index is 13.8. The van der Waals surface area contributed by atoms with Crippen molar-refractivity contribution < 1.29 is 19.0 Å². The van der Waals surface area contributed by atoms with Gasteiger partial charge in [0.25, 0.3) is 0 Å². The molecule has 8 heteroatoms. The molecule has 5 rings (SSSR count). The second-order valence-electron chi connectivity index (χ2n) is 9.55. The lowest BCUT2D eigenvalue weighted by molar-refractivity contribution is -0.153. The average Bonchev–Trinajstić information content (AvgIpc) is 3.40. The number of rotatable bonds is 5. The van der Waals surface area contributed by atoms with Crippen molar-refractivity contribution in [1.29, 1.82) is 5.26 Å². The highest BCUT2D eigenvalue weighted by molar-refractivity contribution is 5.99. The van der Waals surface area contributed by atoms with Crippen molar-refractivity contribution in [3.63, 3.8) is 0 Å². The number of nitrogens with one attached hydrogen (secondary N) is 1. The van der Waals surface area contributed by atoms with E-state index in [1.165, 1.54) is 12.1 Å². The molecule has 1 aliphatic heterocycles. The average molecular weight is 461 g/mol. The quantitative estimate of drug-likeness (QED) is 0.427. The molecule has 2 unspecified atom stereocenters. The standard InChI is InChI=1S/C26H25FN4O3/c1-26(2,9-10-28)24-23(15-3-8-22(25(32)33)34-14-15)19-12-20-16(13-29-30-20)11-21(19)31(24)18-6-4-17(27)5-7-18/h4-7,11-13,15,22H,3,8-9,14H2,1-2H3,(H,29,30)(H,32,33). The van der Waals surface area contributed by atoms with E-state index in [9.17, 15) is 19.6 Å². The van der Waals surface area contributed by atoms with E-state index in [1.54, 1.807) is 18.3 Å². The van der Waals surface area contributed by atoms with Gasteiger partial charge in [0.2, 0.25) is 0 Å². The van der Waals surface area contributed by atoms with Crippen LogP contribution in [0.1, 0.15) is 50.3 Å². The highest BCUT2D eigenvalue weighted by Gasteiger charge is 2.37. The highest BCUT2D eigenvalue weighted by atomic mass is 19.1. The van der Waals surface area contributed by atoms with E-state index in [2.05, 4.69) is 33.0 Å². The third-order valence-corrected chi connectivity index (χ3v) is 6.77. The number of carbonyl (C=O) groups is 1. The van der Waals surface area contributed by atoms with Gasteiger partial charge in [-0.1, -0.05) is 13.8 Å². The summed E-state index contributed by atoms with van der Waals surface area (Å²) in [4.78, 5) is 11.4. The zero-order valence-electron chi connectivity index (χ0n) is 19.0. The molecule has 1 fully saturated rings. The van der Waals surface area contributed by atoms with Crippen molar-refractivity contribution >= 4 is 27.8 Å². The Bertz CT molecular complexity index is 1420. The zero-order chi connectivity index (χ0) is 24.0. The number of carboxylic acid groups (broad SMARTS) is 1. The molecular formula is C26H25FN4O3. The Kier molecular flexibility index (Phi) is 5.37. The molecule has 1 saturated heterocycles. The van der Waals surface area contributed by atoms with Crippen LogP contribution in [0, 0.1) is 17.1 Å². The number of aromatic nitrogens is 3. The summed E-state index contributed by atoms with van der Waals surface area (Å²) in [5.41, 5.74) is 4.07. The van der Waals surface area contributed by atoms with Crippen molar-refractivity contribution in [3.8, 4) is 11.8 Å². The van der Waals surface area contributed by atoms with Crippen molar-refractivity contribution in [3.05, 3.63) is 59.7 Å². The molecular weight excluding hydrogens is 435 g/mol. The fourth-order valence-electron chi connectivity index (χ4n) is 5.14. The van der Waals surface area contributed by atoms with Gasteiger partial charge < -0.3 is 14.4 Å². The third-order valence-electron chi connectivity index (χ3n) is 6.77. The minimum absolute atomic E-state index is 0.0480. The Labute approximate surface area is 195 Å². The van der Waals surface area contributed by atoms with Gasteiger partial charge >= 0.3 is 5.97 Å². The lowest BCUT2D eigenvalue weighted by atomic mass is 9.78. The van der Waals surface area contributed by atoms with Gasteiger partial charge in [0.05, 0.1) is 29.9 Å². The van der Waals surface area contributed by atoms with Crippen LogP contribution in [-0.4, -0.2) is 38.6 Å². The molecule has 0 bridgehead atoms. The molecule has 0 spiro atoms. The first-order valence-corrected chi connectivity index (χ1v) is 11.3. The number of benzene rings is 2. The Balaban J connectivity index is 1.82. The molecule has 0 radical (unpaired) electrons. The molecule has 2 aromatic carbocycles. The first-order valence-electron chi connectivity index (χ1n) is 11.3. The van der Waals surface area contributed by atoms with Crippen molar-refractivity contribution in [1.82, 2.24) is 14.8 Å². The van der Waals surface area contributed by atoms with Crippen LogP contribution in [-0.2, 0) is 14.9 Å². The number of fused-ring (bicyclic) bond motifs is 2. The molecule has 2 N–H and O–H groups in total. The number of aliphatic carboxylic acids is 1. The predicted octanol–water partition coefficient (Wildman–Crippen LogP) is 5.18. The minimum atomic E-state index is -0.948. The Morgan fingerprint density at radius 3 is 2.74 bits per heavy atom. The van der Waals surface area contributed by atoms with Crippen LogP contribution in [0.2, 0.25) is 0 Å². The number of carboxylic acids is 1. The molecule has 7 nitrogen and oxygen atoms in total. The molecule has 0 saturated carbocycles. The topological polar surface area (TPSA) is 104 Å². The van der Waals surface area contributed by atoms with Crippen LogP contribution >= 0.6 is 0 Å². The first kappa shape index (κ1) is 22.1. The maximum atomic E-state index is 13.8. The van der Waals surface area contributed by atoms with E-state index in [0.717, 1.165) is 38.8 Å². The van der Waals surface area contributed by atoms with Gasteiger partial charge in [-0.15, -0.1) is 0 Å². The molecule has 0 aliphatic carbocycles. The molecule has 4 aromatic rings.